The lowest BCUT2D eigenvalue weighted by Crippen LogP contribution is -2.39. The summed E-state index contributed by atoms with van der Waals surface area (Å²) in [5.41, 5.74) is 0. The zero-order chi connectivity index (χ0) is 11.3. The molecule has 0 aromatic rings. The Labute approximate surface area is 93.7 Å². The largest absolute Gasteiger partial charge is 0.214 e. The smallest absolute Gasteiger partial charge is 0.212 e. The van der Waals surface area contributed by atoms with E-state index in [1.54, 1.807) is 13.8 Å². The van der Waals surface area contributed by atoms with Crippen LogP contribution in [0.1, 0.15) is 58.8 Å². The molecule has 1 rings (SSSR count). The summed E-state index contributed by atoms with van der Waals surface area (Å²) in [6.45, 7) is 3.45. The third kappa shape index (κ3) is 4.51. The molecule has 3 nitrogen and oxygen atoms in total. The minimum atomic E-state index is -3.08. The zero-order valence-electron chi connectivity index (χ0n) is 9.83. The highest BCUT2D eigenvalue weighted by atomic mass is 32.2. The van der Waals surface area contributed by atoms with Gasteiger partial charge in [-0.3, -0.25) is 0 Å². The van der Waals surface area contributed by atoms with Gasteiger partial charge in [-0.25, -0.2) is 13.1 Å². The van der Waals surface area contributed by atoms with Crippen LogP contribution < -0.4 is 4.72 Å². The van der Waals surface area contributed by atoms with Gasteiger partial charge in [0.25, 0.3) is 0 Å². The first-order chi connectivity index (χ1) is 7.02. The number of hydrogen-bond donors (Lipinski definition) is 1. The average Bonchev–Trinajstić information content (AvgIpc) is 2.09. The van der Waals surface area contributed by atoms with Crippen LogP contribution in [-0.4, -0.2) is 19.7 Å². The van der Waals surface area contributed by atoms with Gasteiger partial charge in [0, 0.05) is 6.04 Å². The quantitative estimate of drug-likeness (QED) is 0.813. The number of hydrogen-bond acceptors (Lipinski definition) is 2. The van der Waals surface area contributed by atoms with Crippen molar-refractivity contribution in [1.29, 1.82) is 0 Å². The van der Waals surface area contributed by atoms with Gasteiger partial charge in [-0.05, 0) is 26.7 Å². The molecule has 0 radical (unpaired) electrons. The second-order valence-electron chi connectivity index (χ2n) is 4.75. The first kappa shape index (κ1) is 13.0. The van der Waals surface area contributed by atoms with Crippen molar-refractivity contribution in [3.05, 3.63) is 0 Å². The van der Waals surface area contributed by atoms with Crippen LogP contribution in [0.2, 0.25) is 0 Å². The minimum Gasteiger partial charge on any atom is -0.212 e. The third-order valence-electron chi connectivity index (χ3n) is 3.06. The summed E-state index contributed by atoms with van der Waals surface area (Å²) >= 11 is 0. The molecule has 0 amide bonds. The van der Waals surface area contributed by atoms with Gasteiger partial charge in [-0.2, -0.15) is 0 Å². The van der Waals surface area contributed by atoms with Crippen molar-refractivity contribution in [3.63, 3.8) is 0 Å². The molecule has 0 aromatic heterocycles. The summed E-state index contributed by atoms with van der Waals surface area (Å²) in [6, 6.07) is 0.178. The Bertz CT molecular complexity index is 264. The van der Waals surface area contributed by atoms with E-state index in [0.717, 1.165) is 25.7 Å². The van der Waals surface area contributed by atoms with Gasteiger partial charge in [0.2, 0.25) is 10.0 Å². The Morgan fingerprint density at radius 3 is 1.93 bits per heavy atom. The molecular formula is C11H23NO2S. The molecule has 0 atom stereocenters. The van der Waals surface area contributed by atoms with Crippen molar-refractivity contribution in [2.24, 2.45) is 0 Å². The molecule has 0 aliphatic heterocycles. The fourth-order valence-electron chi connectivity index (χ4n) is 1.94. The first-order valence-electron chi connectivity index (χ1n) is 6.03. The van der Waals surface area contributed by atoms with Crippen molar-refractivity contribution in [2.45, 2.75) is 70.1 Å². The second-order valence-corrected chi connectivity index (χ2v) is 7.02. The van der Waals surface area contributed by atoms with E-state index in [1.807, 2.05) is 0 Å². The zero-order valence-corrected chi connectivity index (χ0v) is 10.6. The summed E-state index contributed by atoms with van der Waals surface area (Å²) in [7, 11) is -3.08. The van der Waals surface area contributed by atoms with Gasteiger partial charge < -0.3 is 0 Å². The maximum atomic E-state index is 11.7. The highest BCUT2D eigenvalue weighted by Gasteiger charge is 2.21. The summed E-state index contributed by atoms with van der Waals surface area (Å²) in [4.78, 5) is 0. The van der Waals surface area contributed by atoms with Crippen molar-refractivity contribution in [2.75, 3.05) is 0 Å². The molecule has 0 aromatic carbocycles. The second kappa shape index (κ2) is 5.85. The normalized spacial score (nSPS) is 21.3. The molecular weight excluding hydrogens is 210 g/mol. The molecule has 1 fully saturated rings. The van der Waals surface area contributed by atoms with Crippen LogP contribution in [0.15, 0.2) is 0 Å². The maximum Gasteiger partial charge on any atom is 0.214 e. The molecule has 90 valence electrons. The van der Waals surface area contributed by atoms with Crippen molar-refractivity contribution in [1.82, 2.24) is 4.72 Å². The van der Waals surface area contributed by atoms with Crippen LogP contribution >= 0.6 is 0 Å². The van der Waals surface area contributed by atoms with Gasteiger partial charge in [-0.15, -0.1) is 0 Å². The number of rotatable bonds is 3. The van der Waals surface area contributed by atoms with Crippen LogP contribution in [0.5, 0.6) is 0 Å². The fourth-order valence-corrected chi connectivity index (χ4v) is 2.91. The third-order valence-corrected chi connectivity index (χ3v) is 4.96. The first-order valence-corrected chi connectivity index (χ1v) is 7.58. The molecule has 1 saturated carbocycles. The van der Waals surface area contributed by atoms with Gasteiger partial charge in [0.1, 0.15) is 0 Å². The molecule has 15 heavy (non-hydrogen) atoms. The van der Waals surface area contributed by atoms with E-state index in [0.29, 0.717) is 0 Å². The standard InChI is InChI=1S/C11H23NO2S/c1-10(2)15(13,14)12-11-8-6-4-3-5-7-9-11/h10-12H,3-9H2,1-2H3. The van der Waals surface area contributed by atoms with Crippen LogP contribution in [0.25, 0.3) is 0 Å². The minimum absolute atomic E-state index is 0.178. The van der Waals surface area contributed by atoms with Crippen LogP contribution in [0.3, 0.4) is 0 Å². The Morgan fingerprint density at radius 1 is 1.00 bits per heavy atom. The van der Waals surface area contributed by atoms with Gasteiger partial charge >= 0.3 is 0 Å². The van der Waals surface area contributed by atoms with Crippen LogP contribution in [0, 0.1) is 0 Å². The number of nitrogens with one attached hydrogen (secondary N) is 1. The fraction of sp³-hybridized carbons (Fsp3) is 1.00. The molecule has 0 heterocycles. The van der Waals surface area contributed by atoms with E-state index in [9.17, 15) is 8.42 Å². The Morgan fingerprint density at radius 2 is 1.47 bits per heavy atom. The van der Waals surface area contributed by atoms with Crippen molar-refractivity contribution < 1.29 is 8.42 Å². The van der Waals surface area contributed by atoms with Crippen molar-refractivity contribution >= 4 is 10.0 Å². The van der Waals surface area contributed by atoms with E-state index in [2.05, 4.69) is 4.72 Å². The highest BCUT2D eigenvalue weighted by Crippen LogP contribution is 2.18. The molecule has 4 heteroatoms. The predicted octanol–water partition coefficient (Wildman–Crippen LogP) is 2.43. The molecule has 1 aliphatic carbocycles. The lowest BCUT2D eigenvalue weighted by Gasteiger charge is -2.22. The van der Waals surface area contributed by atoms with Gasteiger partial charge in [0.05, 0.1) is 5.25 Å². The SMILES string of the molecule is CC(C)S(=O)(=O)NC1CCCCCCC1. The van der Waals surface area contributed by atoms with E-state index < -0.39 is 10.0 Å². The summed E-state index contributed by atoms with van der Waals surface area (Å²) in [5.74, 6) is 0. The predicted molar refractivity (Wildman–Crippen MR) is 63.3 cm³/mol. The molecule has 0 spiro atoms. The Balaban J connectivity index is 2.48. The molecule has 0 unspecified atom stereocenters. The summed E-state index contributed by atoms with van der Waals surface area (Å²) in [5, 5.41) is -0.317. The van der Waals surface area contributed by atoms with Gasteiger partial charge in [-0.1, -0.05) is 32.1 Å². The van der Waals surface area contributed by atoms with Gasteiger partial charge in [0.15, 0.2) is 0 Å². The van der Waals surface area contributed by atoms with E-state index in [-0.39, 0.29) is 11.3 Å². The number of sulfonamides is 1. The molecule has 1 aliphatic rings. The Hall–Kier alpha value is -0.0900. The average molecular weight is 233 g/mol. The lowest BCUT2D eigenvalue weighted by molar-refractivity contribution is 0.425. The van der Waals surface area contributed by atoms with Crippen molar-refractivity contribution in [3.8, 4) is 0 Å². The van der Waals surface area contributed by atoms with Crippen LogP contribution in [-0.2, 0) is 10.0 Å². The van der Waals surface area contributed by atoms with E-state index in [1.165, 1.54) is 19.3 Å². The van der Waals surface area contributed by atoms with E-state index >= 15 is 0 Å². The highest BCUT2D eigenvalue weighted by molar-refractivity contribution is 7.90. The summed E-state index contributed by atoms with van der Waals surface area (Å²) in [6.07, 6.45) is 8.14. The summed E-state index contributed by atoms with van der Waals surface area (Å²) < 4.78 is 26.2. The molecule has 0 saturated heterocycles. The van der Waals surface area contributed by atoms with Crippen LogP contribution in [0.4, 0.5) is 0 Å². The van der Waals surface area contributed by atoms with E-state index in [4.69, 9.17) is 0 Å². The molecule has 0 bridgehead atoms. The lowest BCUT2D eigenvalue weighted by atomic mass is 9.97. The monoisotopic (exact) mass is 233 g/mol. The molecule has 1 N–H and O–H groups in total. The Kier molecular flexibility index (Phi) is 5.06. The topological polar surface area (TPSA) is 46.2 Å². The maximum absolute atomic E-state index is 11.7.